The molecule has 0 radical (unpaired) electrons. The van der Waals surface area contributed by atoms with E-state index in [0.717, 1.165) is 36.8 Å². The number of oxime groups is 1. The van der Waals surface area contributed by atoms with Gasteiger partial charge in [0.05, 0.1) is 24.1 Å². The molecule has 0 unspecified atom stereocenters. The Balaban J connectivity index is 1.79. The van der Waals surface area contributed by atoms with Crippen molar-refractivity contribution >= 4 is 23.4 Å². The maximum absolute atomic E-state index is 14.2. The van der Waals surface area contributed by atoms with Gasteiger partial charge in [0.2, 0.25) is 5.79 Å². The molecule has 294 valence electrons. The molecule has 2 N–H and O–H groups in total. The number of carbonyl (C=O) groups excluding carboxylic acids is 1. The van der Waals surface area contributed by atoms with Crippen molar-refractivity contribution in [1.82, 2.24) is 4.90 Å². The summed E-state index contributed by atoms with van der Waals surface area (Å²) in [6, 6.07) is 10.9. The summed E-state index contributed by atoms with van der Waals surface area (Å²) in [4.78, 5) is 21.6. The smallest absolute Gasteiger partial charge is 0.410 e. The van der Waals surface area contributed by atoms with Crippen LogP contribution in [-0.2, 0) is 20.9 Å². The maximum atomic E-state index is 14.2. The predicted octanol–water partition coefficient (Wildman–Crippen LogP) is 7.92. The second kappa shape index (κ2) is 20.1. The van der Waals surface area contributed by atoms with E-state index in [-0.39, 0.29) is 63.0 Å². The third kappa shape index (κ3) is 9.30. The Labute approximate surface area is 323 Å². The Bertz CT molecular complexity index is 1620. The lowest BCUT2D eigenvalue weighted by Crippen LogP contribution is -2.70. The van der Waals surface area contributed by atoms with Crippen molar-refractivity contribution < 1.29 is 43.2 Å². The number of benzene rings is 2. The van der Waals surface area contributed by atoms with Gasteiger partial charge in [0.15, 0.2) is 0 Å². The molecule has 0 spiro atoms. The summed E-state index contributed by atoms with van der Waals surface area (Å²) >= 11 is 6.01. The number of hydrogen-bond acceptors (Lipinski definition) is 9. The number of ether oxygens (including phenoxy) is 4. The lowest BCUT2D eigenvalue weighted by atomic mass is 9.55. The van der Waals surface area contributed by atoms with Gasteiger partial charge in [-0.1, -0.05) is 54.9 Å². The number of carbonyl (C=O) groups is 1. The van der Waals surface area contributed by atoms with Gasteiger partial charge < -0.3 is 34.0 Å². The highest BCUT2D eigenvalue weighted by Crippen LogP contribution is 2.62. The molecule has 3 aliphatic rings. The maximum Gasteiger partial charge on any atom is 0.410 e. The molecule has 1 amide bonds. The van der Waals surface area contributed by atoms with Gasteiger partial charge in [-0.2, -0.15) is 0 Å². The van der Waals surface area contributed by atoms with E-state index in [4.69, 9.17) is 40.5 Å². The van der Waals surface area contributed by atoms with Crippen LogP contribution in [0, 0.1) is 23.6 Å². The number of allylic oxidation sites excluding steroid dienone is 1. The molecule has 6 atom stereocenters. The van der Waals surface area contributed by atoms with E-state index in [1.54, 1.807) is 29.2 Å². The highest BCUT2D eigenvalue weighted by atomic mass is 35.5. The minimum absolute atomic E-state index is 0.0235. The zero-order chi connectivity index (χ0) is 38.5. The lowest BCUT2D eigenvalue weighted by Gasteiger charge is -2.59. The first kappa shape index (κ1) is 41.3. The number of hydrogen-bond donors (Lipinski definition) is 2. The zero-order valence-corrected chi connectivity index (χ0v) is 31.9. The number of aliphatic hydroxyl groups is 2. The number of fused-ring (bicyclic) bond motifs is 2. The molecule has 1 aliphatic heterocycles. The molecule has 2 aromatic carbocycles. The van der Waals surface area contributed by atoms with E-state index in [0.29, 0.717) is 48.8 Å². The summed E-state index contributed by atoms with van der Waals surface area (Å²) in [6.07, 6.45) is 9.75. The van der Waals surface area contributed by atoms with Crippen LogP contribution in [0.5, 0.6) is 11.5 Å². The van der Waals surface area contributed by atoms with Gasteiger partial charge >= 0.3 is 6.09 Å². The topological polar surface area (TPSA) is 119 Å². The highest BCUT2D eigenvalue weighted by molar-refractivity contribution is 6.18. The van der Waals surface area contributed by atoms with Gasteiger partial charge in [-0.05, 0) is 85.9 Å². The molecule has 2 aromatic rings. The summed E-state index contributed by atoms with van der Waals surface area (Å²) in [6.45, 7) is 10.6. The Morgan fingerprint density at radius 3 is 2.50 bits per heavy atom. The average Bonchev–Trinajstić information content (AvgIpc) is 3.18. The van der Waals surface area contributed by atoms with Crippen LogP contribution in [0.4, 0.5) is 9.18 Å². The molecule has 54 heavy (non-hydrogen) atoms. The fraction of sp³-hybridized carbons (Fsp3) is 0.524. The Hall–Kier alpha value is -3.90. The van der Waals surface area contributed by atoms with Crippen molar-refractivity contribution in [2.75, 3.05) is 45.5 Å². The number of unbranched alkanes of at least 4 members (excludes halogenated alkanes) is 2. The van der Waals surface area contributed by atoms with E-state index in [1.165, 1.54) is 12.1 Å². The quantitative estimate of drug-likeness (QED) is 0.0569. The molecule has 12 heteroatoms. The van der Waals surface area contributed by atoms with E-state index in [1.807, 2.05) is 25.1 Å². The van der Waals surface area contributed by atoms with Crippen LogP contribution in [0.2, 0.25) is 0 Å². The van der Waals surface area contributed by atoms with E-state index in [2.05, 4.69) is 19.2 Å². The third-order valence-electron chi connectivity index (χ3n) is 10.5. The van der Waals surface area contributed by atoms with Crippen LogP contribution < -0.4 is 9.47 Å². The van der Waals surface area contributed by atoms with Gasteiger partial charge in [0, 0.05) is 37.7 Å². The normalized spacial score (nSPS) is 24.7. The Morgan fingerprint density at radius 2 is 1.81 bits per heavy atom. The monoisotopic (exact) mass is 768 g/mol. The molecule has 5 rings (SSSR count). The molecule has 0 bridgehead atoms. The molecule has 0 aromatic heterocycles. The SMILES string of the molecule is C=CCOc1ccc2c(c1)[C@H]1[C@H](CCCCO)[C@@H](CCCCO)C=C3C(=NOCC)C[C@H](N(Cc4ccc(F)cc4)C(=O)OCCCl)[C@@](OCC=C)(O2)[C@H]31. The van der Waals surface area contributed by atoms with E-state index >= 15 is 0 Å². The van der Waals surface area contributed by atoms with Gasteiger partial charge in [-0.3, -0.25) is 4.90 Å². The second-order valence-electron chi connectivity index (χ2n) is 13.8. The fourth-order valence-electron chi connectivity index (χ4n) is 8.33. The van der Waals surface area contributed by atoms with Crippen molar-refractivity contribution in [3.05, 3.63) is 96.4 Å². The minimum atomic E-state index is -1.47. The minimum Gasteiger partial charge on any atom is -0.490 e. The summed E-state index contributed by atoms with van der Waals surface area (Å²) in [5.74, 6) is -1.09. The van der Waals surface area contributed by atoms with Crippen LogP contribution in [0.15, 0.2) is 84.6 Å². The van der Waals surface area contributed by atoms with Crippen LogP contribution in [-0.4, -0.2) is 84.3 Å². The van der Waals surface area contributed by atoms with Gasteiger partial charge in [0.1, 0.15) is 43.2 Å². The molecular weight excluding hydrogens is 715 g/mol. The number of aliphatic hydroxyl groups excluding tert-OH is 2. The molecule has 1 saturated carbocycles. The number of halogens is 2. The summed E-state index contributed by atoms with van der Waals surface area (Å²) in [7, 11) is 0. The number of alkyl halides is 1. The molecule has 1 fully saturated rings. The van der Waals surface area contributed by atoms with Crippen LogP contribution in [0.3, 0.4) is 0 Å². The Kier molecular flexibility index (Phi) is 15.4. The van der Waals surface area contributed by atoms with Crippen molar-refractivity contribution in [1.29, 1.82) is 0 Å². The second-order valence-corrected chi connectivity index (χ2v) is 14.2. The average molecular weight is 769 g/mol. The first-order valence-corrected chi connectivity index (χ1v) is 19.6. The van der Waals surface area contributed by atoms with E-state index in [9.17, 15) is 19.4 Å². The number of rotatable bonds is 21. The molecule has 2 aliphatic carbocycles. The van der Waals surface area contributed by atoms with Gasteiger partial charge in [-0.25, -0.2) is 9.18 Å². The number of nitrogens with zero attached hydrogens (tertiary/aromatic N) is 2. The van der Waals surface area contributed by atoms with Crippen LogP contribution >= 0.6 is 11.6 Å². The van der Waals surface area contributed by atoms with Crippen molar-refractivity contribution in [3.8, 4) is 11.5 Å². The van der Waals surface area contributed by atoms with Gasteiger partial charge in [0.25, 0.3) is 0 Å². The largest absolute Gasteiger partial charge is 0.490 e. The first-order chi connectivity index (χ1) is 26.3. The number of amides is 1. The van der Waals surface area contributed by atoms with Crippen LogP contribution in [0.25, 0.3) is 0 Å². The highest BCUT2D eigenvalue weighted by Gasteiger charge is 2.65. The molecule has 1 heterocycles. The standard InChI is InChI=1S/C42H54ClFN2O8/c1-4-22-50-32-17-18-37-35(26-32)39-33(12-8-10-21-48)30(11-7-9-20-47)25-34-36(45-53-6-3)27-38(42(54-37,40(34)39)52-23-5-2)46(41(49)51-24-19-43)28-29-13-15-31(44)16-14-29/h4-5,13-18,25-26,30,33,38-40,47-48H,1-2,6-12,19-24,27-28H2,3H3/t30-,33+,38-,39+,40+,42+/m0/s1. The summed E-state index contributed by atoms with van der Waals surface area (Å²) < 4.78 is 40.0. The first-order valence-electron chi connectivity index (χ1n) is 19.0. The molecule has 0 saturated heterocycles. The van der Waals surface area contributed by atoms with Crippen molar-refractivity contribution in [2.45, 2.75) is 76.2 Å². The molecular formula is C42H54ClFN2O8. The van der Waals surface area contributed by atoms with E-state index < -0.39 is 29.7 Å². The lowest BCUT2D eigenvalue weighted by molar-refractivity contribution is -0.256. The zero-order valence-electron chi connectivity index (χ0n) is 31.2. The summed E-state index contributed by atoms with van der Waals surface area (Å²) in [5, 5.41) is 24.3. The molecule has 10 nitrogen and oxygen atoms in total. The van der Waals surface area contributed by atoms with Crippen molar-refractivity contribution in [2.24, 2.45) is 22.9 Å². The van der Waals surface area contributed by atoms with Crippen LogP contribution in [0.1, 0.15) is 68.9 Å². The fourth-order valence-corrected chi connectivity index (χ4v) is 8.41. The summed E-state index contributed by atoms with van der Waals surface area (Å²) in [5.41, 5.74) is 3.20. The Morgan fingerprint density at radius 1 is 1.07 bits per heavy atom. The van der Waals surface area contributed by atoms with Crippen molar-refractivity contribution in [3.63, 3.8) is 0 Å². The van der Waals surface area contributed by atoms with Gasteiger partial charge in [-0.15, -0.1) is 18.2 Å². The predicted molar refractivity (Wildman–Crippen MR) is 206 cm³/mol. The third-order valence-corrected chi connectivity index (χ3v) is 10.7.